The highest BCUT2D eigenvalue weighted by atomic mass is 16.5. The highest BCUT2D eigenvalue weighted by molar-refractivity contribution is 5.36. The quantitative estimate of drug-likeness (QED) is 0.848. The average molecular weight is 287 g/mol. The fourth-order valence-electron chi connectivity index (χ4n) is 2.45. The highest BCUT2D eigenvalue weighted by Crippen LogP contribution is 2.27. The first kappa shape index (κ1) is 15.6. The first-order valence-corrected chi connectivity index (χ1v) is 7.53. The Morgan fingerprint density at radius 3 is 2.71 bits per heavy atom. The maximum Gasteiger partial charge on any atom is 0.123 e. The van der Waals surface area contributed by atoms with Gasteiger partial charge < -0.3 is 10.1 Å². The molecule has 4 nitrogen and oxygen atoms in total. The molecule has 0 fully saturated rings. The molecular formula is C17H25N3O. The van der Waals surface area contributed by atoms with Crippen molar-refractivity contribution in [1.82, 2.24) is 15.1 Å². The third kappa shape index (κ3) is 3.64. The van der Waals surface area contributed by atoms with E-state index in [4.69, 9.17) is 4.74 Å². The number of hydrogen-bond acceptors (Lipinski definition) is 3. The van der Waals surface area contributed by atoms with E-state index in [-0.39, 0.29) is 6.04 Å². The minimum Gasteiger partial charge on any atom is -0.496 e. The summed E-state index contributed by atoms with van der Waals surface area (Å²) in [7, 11) is 3.69. The van der Waals surface area contributed by atoms with Crippen molar-refractivity contribution in [3.05, 3.63) is 47.8 Å². The zero-order valence-electron chi connectivity index (χ0n) is 13.3. The van der Waals surface area contributed by atoms with Gasteiger partial charge in [-0.15, -0.1) is 0 Å². The molecule has 21 heavy (non-hydrogen) atoms. The zero-order valence-corrected chi connectivity index (χ0v) is 13.3. The summed E-state index contributed by atoms with van der Waals surface area (Å²) in [5.74, 6) is 0.915. The average Bonchev–Trinajstić information content (AvgIpc) is 3.00. The van der Waals surface area contributed by atoms with Crippen LogP contribution >= 0.6 is 0 Å². The molecule has 0 spiro atoms. The summed E-state index contributed by atoms with van der Waals surface area (Å²) in [5.41, 5.74) is 2.26. The van der Waals surface area contributed by atoms with Gasteiger partial charge >= 0.3 is 0 Å². The maximum atomic E-state index is 5.46. The fourth-order valence-corrected chi connectivity index (χ4v) is 2.45. The molecule has 1 aromatic heterocycles. The monoisotopic (exact) mass is 287 g/mol. The predicted molar refractivity (Wildman–Crippen MR) is 85.7 cm³/mol. The van der Waals surface area contributed by atoms with Crippen LogP contribution in [0, 0.1) is 0 Å². The van der Waals surface area contributed by atoms with Crippen LogP contribution in [0.15, 0.2) is 36.5 Å². The number of hydrogen-bond donors (Lipinski definition) is 1. The molecule has 0 bridgehead atoms. The van der Waals surface area contributed by atoms with Gasteiger partial charge in [-0.3, -0.25) is 4.68 Å². The van der Waals surface area contributed by atoms with Crippen LogP contribution in [-0.4, -0.2) is 23.9 Å². The van der Waals surface area contributed by atoms with Gasteiger partial charge in [-0.2, -0.15) is 5.10 Å². The van der Waals surface area contributed by atoms with Crippen LogP contribution in [0.1, 0.15) is 43.6 Å². The zero-order chi connectivity index (χ0) is 15.2. The van der Waals surface area contributed by atoms with E-state index >= 15 is 0 Å². The van der Waals surface area contributed by atoms with Gasteiger partial charge in [0.05, 0.1) is 12.8 Å². The van der Waals surface area contributed by atoms with Gasteiger partial charge in [0.15, 0.2) is 0 Å². The normalized spacial score (nSPS) is 13.9. The van der Waals surface area contributed by atoms with Crippen molar-refractivity contribution in [2.75, 3.05) is 14.2 Å². The molecule has 2 rings (SSSR count). The van der Waals surface area contributed by atoms with Crippen LogP contribution in [0.5, 0.6) is 5.75 Å². The smallest absolute Gasteiger partial charge is 0.123 e. The fraction of sp³-hybridized carbons (Fsp3) is 0.471. The summed E-state index contributed by atoms with van der Waals surface area (Å²) in [6, 6.07) is 10.9. The molecule has 0 aliphatic carbocycles. The number of rotatable bonds is 7. The van der Waals surface area contributed by atoms with Crippen LogP contribution in [0.3, 0.4) is 0 Å². The van der Waals surface area contributed by atoms with Crippen LogP contribution in [0.2, 0.25) is 0 Å². The van der Waals surface area contributed by atoms with Crippen molar-refractivity contribution < 1.29 is 4.74 Å². The van der Waals surface area contributed by atoms with Crippen molar-refractivity contribution in [2.24, 2.45) is 0 Å². The van der Waals surface area contributed by atoms with E-state index < -0.39 is 0 Å². The lowest BCUT2D eigenvalue weighted by Gasteiger charge is -2.18. The van der Waals surface area contributed by atoms with Gasteiger partial charge in [0.1, 0.15) is 5.75 Å². The Morgan fingerprint density at radius 2 is 2.05 bits per heavy atom. The lowest BCUT2D eigenvalue weighted by Crippen LogP contribution is -2.20. The summed E-state index contributed by atoms with van der Waals surface area (Å²) < 4.78 is 7.51. The number of ether oxygens (including phenoxy) is 1. The number of nitrogens with zero attached hydrogens (tertiary/aromatic N) is 2. The predicted octanol–water partition coefficient (Wildman–Crippen LogP) is 3.37. The molecule has 0 saturated heterocycles. The van der Waals surface area contributed by atoms with Gasteiger partial charge in [0, 0.05) is 30.3 Å². The maximum absolute atomic E-state index is 5.46. The van der Waals surface area contributed by atoms with E-state index in [2.05, 4.69) is 42.6 Å². The van der Waals surface area contributed by atoms with Crippen LogP contribution in [0.25, 0.3) is 0 Å². The molecule has 0 radical (unpaired) electrons. The Morgan fingerprint density at radius 1 is 1.29 bits per heavy atom. The van der Waals surface area contributed by atoms with Gasteiger partial charge in [-0.25, -0.2) is 0 Å². The Labute approximate surface area is 127 Å². The highest BCUT2D eigenvalue weighted by Gasteiger charge is 2.16. The lowest BCUT2D eigenvalue weighted by molar-refractivity contribution is 0.400. The summed E-state index contributed by atoms with van der Waals surface area (Å²) in [6.45, 7) is 4.36. The standard InChI is InChI=1S/C17H25N3O/c1-5-13(2)20-11-10-14(19-20)12-16(18-3)15-8-6-7-9-17(15)21-4/h6-11,13,16,18H,5,12H2,1-4H3. The minimum absolute atomic E-state index is 0.196. The SMILES string of the molecule is CCC(C)n1ccc(CC(NC)c2ccccc2OC)n1. The van der Waals surface area contributed by atoms with Crippen molar-refractivity contribution in [3.63, 3.8) is 0 Å². The van der Waals surface area contributed by atoms with Crippen LogP contribution < -0.4 is 10.1 Å². The van der Waals surface area contributed by atoms with E-state index in [9.17, 15) is 0 Å². The number of aromatic nitrogens is 2. The van der Waals surface area contributed by atoms with Gasteiger partial charge in [0.2, 0.25) is 0 Å². The van der Waals surface area contributed by atoms with Crippen LogP contribution in [-0.2, 0) is 6.42 Å². The molecule has 0 saturated carbocycles. The Bertz CT molecular complexity index is 565. The molecule has 1 aromatic carbocycles. The molecule has 0 aliphatic heterocycles. The summed E-state index contributed by atoms with van der Waals surface area (Å²) in [6.07, 6.45) is 4.00. The third-order valence-electron chi connectivity index (χ3n) is 3.98. The Balaban J connectivity index is 2.17. The molecule has 1 N–H and O–H groups in total. The van der Waals surface area contributed by atoms with E-state index in [1.165, 1.54) is 5.56 Å². The minimum atomic E-state index is 0.196. The number of methoxy groups -OCH3 is 1. The molecular weight excluding hydrogens is 262 g/mol. The van der Waals surface area contributed by atoms with Crippen LogP contribution in [0.4, 0.5) is 0 Å². The largest absolute Gasteiger partial charge is 0.496 e. The van der Waals surface area contributed by atoms with E-state index in [1.807, 2.05) is 29.9 Å². The van der Waals surface area contributed by atoms with E-state index in [1.54, 1.807) is 7.11 Å². The molecule has 1 heterocycles. The third-order valence-corrected chi connectivity index (χ3v) is 3.98. The first-order valence-electron chi connectivity index (χ1n) is 7.53. The van der Waals surface area contributed by atoms with E-state index in [0.29, 0.717) is 6.04 Å². The number of para-hydroxylation sites is 1. The Kier molecular flexibility index (Phi) is 5.39. The Hall–Kier alpha value is -1.81. The van der Waals surface area contributed by atoms with Crippen molar-refractivity contribution >= 4 is 0 Å². The summed E-state index contributed by atoms with van der Waals surface area (Å²) in [5, 5.41) is 8.05. The molecule has 0 amide bonds. The molecule has 4 heteroatoms. The lowest BCUT2D eigenvalue weighted by atomic mass is 10.0. The van der Waals surface area contributed by atoms with Gasteiger partial charge in [-0.1, -0.05) is 25.1 Å². The number of benzene rings is 1. The van der Waals surface area contributed by atoms with Crippen molar-refractivity contribution in [2.45, 2.75) is 38.8 Å². The summed E-state index contributed by atoms with van der Waals surface area (Å²) >= 11 is 0. The number of likely N-dealkylation sites (N-methyl/N-ethyl adjacent to an activating group) is 1. The first-order chi connectivity index (χ1) is 10.2. The van der Waals surface area contributed by atoms with E-state index in [0.717, 1.165) is 24.3 Å². The molecule has 2 aromatic rings. The summed E-state index contributed by atoms with van der Waals surface area (Å²) in [4.78, 5) is 0. The van der Waals surface area contributed by atoms with Crippen molar-refractivity contribution in [3.8, 4) is 5.75 Å². The van der Waals surface area contributed by atoms with Gasteiger partial charge in [-0.05, 0) is 32.5 Å². The second-order valence-electron chi connectivity index (χ2n) is 5.33. The molecule has 2 unspecified atom stereocenters. The van der Waals surface area contributed by atoms with Crippen molar-refractivity contribution in [1.29, 1.82) is 0 Å². The molecule has 0 aliphatic rings. The molecule has 2 atom stereocenters. The number of nitrogens with one attached hydrogen (secondary N) is 1. The molecule has 114 valence electrons. The van der Waals surface area contributed by atoms with Gasteiger partial charge in [0.25, 0.3) is 0 Å². The topological polar surface area (TPSA) is 39.1 Å². The second-order valence-corrected chi connectivity index (χ2v) is 5.33. The second kappa shape index (κ2) is 7.27.